The summed E-state index contributed by atoms with van der Waals surface area (Å²) < 4.78 is 39.8. The number of rotatable bonds is 2. The monoisotopic (exact) mass is 348 g/mol. The van der Waals surface area contributed by atoms with Crippen molar-refractivity contribution in [3.63, 3.8) is 0 Å². The van der Waals surface area contributed by atoms with Gasteiger partial charge in [0.25, 0.3) is 0 Å². The second-order valence-electron chi connectivity index (χ2n) is 6.11. The third kappa shape index (κ3) is 3.01. The Morgan fingerprint density at radius 3 is 2.92 bits per heavy atom. The van der Waals surface area contributed by atoms with Crippen LogP contribution in [-0.4, -0.2) is 30.6 Å². The first-order chi connectivity index (χ1) is 11.9. The van der Waals surface area contributed by atoms with Gasteiger partial charge in [-0.05, 0) is 31.7 Å². The van der Waals surface area contributed by atoms with Crippen LogP contribution >= 0.6 is 0 Å². The van der Waals surface area contributed by atoms with Crippen LogP contribution in [-0.2, 0) is 19.0 Å². The molecule has 1 unspecified atom stereocenters. The normalized spacial score (nSPS) is 17.5. The van der Waals surface area contributed by atoms with Crippen molar-refractivity contribution >= 4 is 11.3 Å². The summed E-state index contributed by atoms with van der Waals surface area (Å²) in [6.07, 6.45) is 2.51. The summed E-state index contributed by atoms with van der Waals surface area (Å²) in [4.78, 5) is 12.9. The maximum atomic E-state index is 12.9. The van der Waals surface area contributed by atoms with Crippen LogP contribution in [0.25, 0.3) is 5.52 Å². The minimum Gasteiger partial charge on any atom is -0.365 e. The van der Waals surface area contributed by atoms with Gasteiger partial charge in [-0.2, -0.15) is 18.3 Å². The molecule has 1 N–H and O–H groups in total. The standard InChI is InChI=1S/C16H15F3N6/c1-9-21-8-10-6-11(2-3-12(10)22-9)23-15-13-7-14(16(17,18)19)24-25(13)5-4-20-15/h4-5,7-8,11H,2-3,6H2,1H3,(H,20,23). The van der Waals surface area contributed by atoms with Gasteiger partial charge in [-0.15, -0.1) is 0 Å². The lowest BCUT2D eigenvalue weighted by molar-refractivity contribution is -0.141. The van der Waals surface area contributed by atoms with E-state index in [0.717, 1.165) is 36.0 Å². The minimum atomic E-state index is -4.48. The second-order valence-corrected chi connectivity index (χ2v) is 6.11. The SMILES string of the molecule is Cc1ncc2c(n1)CCC(Nc1nccn3nc(C(F)(F)F)cc13)C2. The van der Waals surface area contributed by atoms with Crippen LogP contribution in [0.2, 0.25) is 0 Å². The number of hydrogen-bond acceptors (Lipinski definition) is 5. The molecule has 1 aliphatic rings. The highest BCUT2D eigenvalue weighted by Crippen LogP contribution is 2.30. The van der Waals surface area contributed by atoms with Crippen molar-refractivity contribution in [2.75, 3.05) is 5.32 Å². The number of alkyl halides is 3. The lowest BCUT2D eigenvalue weighted by atomic mass is 9.93. The van der Waals surface area contributed by atoms with Crippen LogP contribution in [0.1, 0.15) is 29.2 Å². The summed E-state index contributed by atoms with van der Waals surface area (Å²) in [6.45, 7) is 1.85. The van der Waals surface area contributed by atoms with Gasteiger partial charge in [0.15, 0.2) is 11.5 Å². The molecule has 0 saturated heterocycles. The van der Waals surface area contributed by atoms with Crippen LogP contribution in [0, 0.1) is 6.92 Å². The molecule has 0 spiro atoms. The first-order valence-corrected chi connectivity index (χ1v) is 7.89. The summed E-state index contributed by atoms with van der Waals surface area (Å²) >= 11 is 0. The van der Waals surface area contributed by atoms with Gasteiger partial charge in [-0.3, -0.25) is 0 Å². The van der Waals surface area contributed by atoms with E-state index < -0.39 is 11.9 Å². The fourth-order valence-corrected chi connectivity index (χ4v) is 3.10. The Labute approximate surface area is 141 Å². The molecule has 1 atom stereocenters. The molecule has 3 aromatic rings. The predicted molar refractivity (Wildman–Crippen MR) is 84.2 cm³/mol. The van der Waals surface area contributed by atoms with Gasteiger partial charge in [0.2, 0.25) is 0 Å². The van der Waals surface area contributed by atoms with Crippen LogP contribution in [0.5, 0.6) is 0 Å². The Hall–Kier alpha value is -2.71. The number of fused-ring (bicyclic) bond motifs is 2. The third-order valence-electron chi connectivity index (χ3n) is 4.29. The van der Waals surface area contributed by atoms with Gasteiger partial charge in [-0.1, -0.05) is 0 Å². The fourth-order valence-electron chi connectivity index (χ4n) is 3.10. The van der Waals surface area contributed by atoms with Crippen molar-refractivity contribution in [3.05, 3.63) is 47.4 Å². The quantitative estimate of drug-likeness (QED) is 0.771. The molecule has 9 heteroatoms. The number of aryl methyl sites for hydroxylation is 2. The Bertz CT molecular complexity index is 933. The molecule has 0 fully saturated rings. The summed E-state index contributed by atoms with van der Waals surface area (Å²) in [5.41, 5.74) is 1.48. The molecular weight excluding hydrogens is 333 g/mol. The van der Waals surface area contributed by atoms with Crippen molar-refractivity contribution in [1.29, 1.82) is 0 Å². The Kier molecular flexibility index (Phi) is 3.59. The molecule has 0 radical (unpaired) electrons. The van der Waals surface area contributed by atoms with Gasteiger partial charge in [-0.25, -0.2) is 19.5 Å². The highest BCUT2D eigenvalue weighted by molar-refractivity contribution is 5.68. The molecule has 3 heterocycles. The van der Waals surface area contributed by atoms with E-state index in [1.165, 1.54) is 16.9 Å². The summed E-state index contributed by atoms with van der Waals surface area (Å²) in [6, 6.07) is 1.07. The highest BCUT2D eigenvalue weighted by Gasteiger charge is 2.34. The number of nitrogens with zero attached hydrogens (tertiary/aromatic N) is 5. The average molecular weight is 348 g/mol. The molecular formula is C16H15F3N6. The van der Waals surface area contributed by atoms with Gasteiger partial charge in [0, 0.05) is 36.4 Å². The minimum absolute atomic E-state index is 0.0572. The molecule has 0 amide bonds. The number of anilines is 1. The summed E-state index contributed by atoms with van der Waals surface area (Å²) in [5.74, 6) is 1.14. The van der Waals surface area contributed by atoms with Gasteiger partial charge < -0.3 is 5.32 Å². The smallest absolute Gasteiger partial charge is 0.365 e. The lowest BCUT2D eigenvalue weighted by Gasteiger charge is -2.25. The Morgan fingerprint density at radius 1 is 1.28 bits per heavy atom. The Balaban J connectivity index is 1.61. The maximum absolute atomic E-state index is 12.9. The van der Waals surface area contributed by atoms with E-state index in [4.69, 9.17) is 0 Å². The van der Waals surface area contributed by atoms with E-state index in [0.29, 0.717) is 17.8 Å². The molecule has 0 aliphatic heterocycles. The van der Waals surface area contributed by atoms with Crippen molar-refractivity contribution in [3.8, 4) is 0 Å². The van der Waals surface area contributed by atoms with Gasteiger partial charge in [0.05, 0.1) is 0 Å². The van der Waals surface area contributed by atoms with Crippen LogP contribution < -0.4 is 5.32 Å². The first-order valence-electron chi connectivity index (χ1n) is 7.89. The summed E-state index contributed by atoms with van der Waals surface area (Å²) in [5, 5.41) is 6.82. The van der Waals surface area contributed by atoms with E-state index in [2.05, 4.69) is 25.4 Å². The van der Waals surface area contributed by atoms with E-state index in [1.807, 2.05) is 13.1 Å². The van der Waals surface area contributed by atoms with Crippen molar-refractivity contribution in [1.82, 2.24) is 24.6 Å². The molecule has 0 bridgehead atoms. The average Bonchev–Trinajstić information content (AvgIpc) is 3.01. The maximum Gasteiger partial charge on any atom is 0.435 e. The molecule has 0 aromatic carbocycles. The molecule has 1 aliphatic carbocycles. The van der Waals surface area contributed by atoms with Crippen molar-refractivity contribution in [2.24, 2.45) is 0 Å². The van der Waals surface area contributed by atoms with Crippen molar-refractivity contribution in [2.45, 2.75) is 38.4 Å². The second kappa shape index (κ2) is 5.68. The fraction of sp³-hybridized carbons (Fsp3) is 0.375. The number of aromatic nitrogens is 5. The number of nitrogens with one attached hydrogen (secondary N) is 1. The number of hydrogen-bond donors (Lipinski definition) is 1. The molecule has 3 aromatic heterocycles. The van der Waals surface area contributed by atoms with Gasteiger partial charge >= 0.3 is 6.18 Å². The molecule has 130 valence electrons. The zero-order chi connectivity index (χ0) is 17.6. The molecule has 6 nitrogen and oxygen atoms in total. The lowest BCUT2D eigenvalue weighted by Crippen LogP contribution is -2.28. The zero-order valence-electron chi connectivity index (χ0n) is 13.4. The number of halogens is 3. The zero-order valence-corrected chi connectivity index (χ0v) is 13.4. The van der Waals surface area contributed by atoms with Crippen LogP contribution in [0.4, 0.5) is 19.0 Å². The van der Waals surface area contributed by atoms with Gasteiger partial charge in [0.1, 0.15) is 11.3 Å². The first kappa shape index (κ1) is 15.8. The highest BCUT2D eigenvalue weighted by atomic mass is 19.4. The predicted octanol–water partition coefficient (Wildman–Crippen LogP) is 2.82. The van der Waals surface area contributed by atoms with Crippen LogP contribution in [0.3, 0.4) is 0 Å². The van der Waals surface area contributed by atoms with E-state index in [-0.39, 0.29) is 6.04 Å². The molecule has 0 saturated carbocycles. The Morgan fingerprint density at radius 2 is 2.12 bits per heavy atom. The molecule has 4 rings (SSSR count). The topological polar surface area (TPSA) is 68.0 Å². The van der Waals surface area contributed by atoms with Crippen LogP contribution in [0.15, 0.2) is 24.7 Å². The summed E-state index contributed by atoms with van der Waals surface area (Å²) in [7, 11) is 0. The largest absolute Gasteiger partial charge is 0.435 e. The van der Waals surface area contributed by atoms with E-state index in [9.17, 15) is 13.2 Å². The van der Waals surface area contributed by atoms with Crippen molar-refractivity contribution < 1.29 is 13.2 Å². The van der Waals surface area contributed by atoms with E-state index in [1.54, 1.807) is 0 Å². The van der Waals surface area contributed by atoms with E-state index >= 15 is 0 Å². The third-order valence-corrected chi connectivity index (χ3v) is 4.29. The molecule has 25 heavy (non-hydrogen) atoms.